The lowest BCUT2D eigenvalue weighted by molar-refractivity contribution is -0.117. The molecule has 0 aliphatic carbocycles. The average Bonchev–Trinajstić information content (AvgIpc) is 3.18. The summed E-state index contributed by atoms with van der Waals surface area (Å²) in [7, 11) is 0. The Morgan fingerprint density at radius 1 is 0.969 bits per heavy atom. The van der Waals surface area contributed by atoms with Gasteiger partial charge >= 0.3 is 0 Å². The van der Waals surface area contributed by atoms with Crippen molar-refractivity contribution in [3.63, 3.8) is 0 Å². The number of amides is 2. The molecule has 1 heterocycles. The summed E-state index contributed by atoms with van der Waals surface area (Å²) in [5.41, 5.74) is 7.47. The Labute approximate surface area is 198 Å². The van der Waals surface area contributed by atoms with Gasteiger partial charge in [0, 0.05) is 25.2 Å². The van der Waals surface area contributed by atoms with Crippen LogP contribution >= 0.6 is 34.5 Å². The van der Waals surface area contributed by atoms with Gasteiger partial charge in [0.2, 0.25) is 5.91 Å². The van der Waals surface area contributed by atoms with Crippen LogP contribution in [0.1, 0.15) is 15.2 Å². The molecule has 32 heavy (non-hydrogen) atoms. The molecule has 2 amide bonds. The van der Waals surface area contributed by atoms with Crippen LogP contribution in [0.4, 0.5) is 0 Å². The van der Waals surface area contributed by atoms with Gasteiger partial charge in [0.15, 0.2) is 0 Å². The molecule has 0 saturated carbocycles. The zero-order valence-corrected chi connectivity index (χ0v) is 19.1. The van der Waals surface area contributed by atoms with Crippen molar-refractivity contribution in [3.8, 4) is 16.9 Å². The number of fused-ring (bicyclic) bond motifs is 1. The summed E-state index contributed by atoms with van der Waals surface area (Å²) < 4.78 is 6.96. The highest BCUT2D eigenvalue weighted by atomic mass is 35.5. The van der Waals surface area contributed by atoms with Crippen LogP contribution in [0.5, 0.6) is 5.75 Å². The SMILES string of the molecule is NC(=O)CNC(=O)c1cccc(-c2cccc3cc(COc4cc(Cl)cc(Cl)c4)sc23)c1. The first kappa shape index (κ1) is 22.1. The topological polar surface area (TPSA) is 81.4 Å². The Hall–Kier alpha value is -3.06. The summed E-state index contributed by atoms with van der Waals surface area (Å²) in [5, 5.41) is 4.63. The fraction of sp³-hybridized carbons (Fsp3) is 0.0833. The van der Waals surface area contributed by atoms with Crippen LogP contribution in [0.2, 0.25) is 10.0 Å². The van der Waals surface area contributed by atoms with Crippen LogP contribution in [0, 0.1) is 0 Å². The summed E-state index contributed by atoms with van der Waals surface area (Å²) >= 11 is 13.7. The van der Waals surface area contributed by atoms with E-state index in [9.17, 15) is 9.59 Å². The fourth-order valence-corrected chi connectivity index (χ4v) is 4.89. The maximum atomic E-state index is 12.3. The summed E-state index contributed by atoms with van der Waals surface area (Å²) in [6.07, 6.45) is 0. The Bertz CT molecular complexity index is 1300. The Kier molecular flexibility index (Phi) is 6.65. The second-order valence-corrected chi connectivity index (χ2v) is 9.07. The first-order chi connectivity index (χ1) is 15.4. The first-order valence-electron chi connectivity index (χ1n) is 9.66. The third kappa shape index (κ3) is 5.22. The lowest BCUT2D eigenvalue weighted by Gasteiger charge is -2.07. The number of benzene rings is 3. The van der Waals surface area contributed by atoms with Crippen molar-refractivity contribution >= 4 is 56.4 Å². The smallest absolute Gasteiger partial charge is 0.251 e. The molecule has 3 N–H and O–H groups in total. The van der Waals surface area contributed by atoms with Crippen molar-refractivity contribution in [2.45, 2.75) is 6.61 Å². The van der Waals surface area contributed by atoms with E-state index in [1.165, 1.54) is 0 Å². The molecule has 0 atom stereocenters. The number of nitrogens with one attached hydrogen (secondary N) is 1. The monoisotopic (exact) mass is 484 g/mol. The van der Waals surface area contributed by atoms with Crippen LogP contribution in [0.15, 0.2) is 66.7 Å². The Balaban J connectivity index is 1.59. The molecule has 0 radical (unpaired) electrons. The van der Waals surface area contributed by atoms with Gasteiger partial charge in [-0.25, -0.2) is 0 Å². The molecule has 0 saturated heterocycles. The number of carbonyl (C=O) groups excluding carboxylic acids is 2. The minimum atomic E-state index is -0.590. The Morgan fingerprint density at radius 3 is 2.47 bits per heavy atom. The number of thiophene rings is 1. The van der Waals surface area contributed by atoms with Crippen molar-refractivity contribution in [2.75, 3.05) is 6.54 Å². The number of rotatable bonds is 7. The molecule has 0 fully saturated rings. The summed E-state index contributed by atoms with van der Waals surface area (Å²) in [6, 6.07) is 20.5. The number of carbonyl (C=O) groups is 2. The third-order valence-corrected chi connectivity index (χ3v) is 6.27. The molecular formula is C24H18Cl2N2O3S. The molecule has 1 aromatic heterocycles. The molecule has 4 rings (SSSR count). The van der Waals surface area contributed by atoms with E-state index in [4.69, 9.17) is 33.7 Å². The van der Waals surface area contributed by atoms with E-state index in [1.54, 1.807) is 41.7 Å². The van der Waals surface area contributed by atoms with Gasteiger partial charge in [0.05, 0.1) is 6.54 Å². The molecule has 0 spiro atoms. The van der Waals surface area contributed by atoms with Gasteiger partial charge in [-0.1, -0.05) is 53.5 Å². The average molecular weight is 485 g/mol. The standard InChI is InChI=1S/C24H18Cl2N2O3S/c25-17-9-18(26)11-19(10-17)31-13-20-8-15-4-2-6-21(23(15)32-20)14-3-1-5-16(7-14)24(30)28-12-22(27)29/h1-11H,12-13H2,(H2,27,29)(H,28,30). The van der Waals surface area contributed by atoms with Gasteiger partial charge in [0.1, 0.15) is 12.4 Å². The van der Waals surface area contributed by atoms with Crippen molar-refractivity contribution in [1.82, 2.24) is 5.32 Å². The minimum Gasteiger partial charge on any atom is -0.488 e. The lowest BCUT2D eigenvalue weighted by atomic mass is 10.0. The molecule has 0 bridgehead atoms. The summed E-state index contributed by atoms with van der Waals surface area (Å²) in [5.74, 6) is -0.333. The zero-order chi connectivity index (χ0) is 22.7. The van der Waals surface area contributed by atoms with E-state index in [0.717, 1.165) is 26.1 Å². The van der Waals surface area contributed by atoms with Gasteiger partial charge < -0.3 is 15.8 Å². The number of hydrogen-bond donors (Lipinski definition) is 2. The van der Waals surface area contributed by atoms with E-state index < -0.39 is 5.91 Å². The molecule has 0 aliphatic heterocycles. The minimum absolute atomic E-state index is 0.204. The highest BCUT2D eigenvalue weighted by Gasteiger charge is 2.12. The molecule has 4 aromatic rings. The van der Waals surface area contributed by atoms with Crippen LogP contribution in [0.25, 0.3) is 21.2 Å². The van der Waals surface area contributed by atoms with Crippen molar-refractivity contribution in [3.05, 3.63) is 87.2 Å². The molecule has 5 nitrogen and oxygen atoms in total. The highest BCUT2D eigenvalue weighted by Crippen LogP contribution is 2.36. The number of primary amides is 1. The maximum Gasteiger partial charge on any atom is 0.251 e. The summed E-state index contributed by atoms with van der Waals surface area (Å²) in [6.45, 7) is 0.176. The Morgan fingerprint density at radius 2 is 1.72 bits per heavy atom. The second-order valence-electron chi connectivity index (χ2n) is 7.06. The quantitative estimate of drug-likeness (QED) is 0.354. The van der Waals surface area contributed by atoms with Gasteiger partial charge in [-0.2, -0.15) is 0 Å². The predicted octanol–water partition coefficient (Wildman–Crippen LogP) is 5.67. The van der Waals surface area contributed by atoms with Gasteiger partial charge in [0.25, 0.3) is 5.91 Å². The maximum absolute atomic E-state index is 12.3. The third-order valence-electron chi connectivity index (χ3n) is 4.67. The van der Waals surface area contributed by atoms with E-state index in [1.807, 2.05) is 30.3 Å². The number of halogens is 2. The van der Waals surface area contributed by atoms with E-state index >= 15 is 0 Å². The molecule has 8 heteroatoms. The van der Waals surface area contributed by atoms with E-state index in [2.05, 4.69) is 11.4 Å². The van der Waals surface area contributed by atoms with Crippen LogP contribution < -0.4 is 15.8 Å². The molecule has 3 aromatic carbocycles. The number of ether oxygens (including phenoxy) is 1. The van der Waals surface area contributed by atoms with Crippen LogP contribution in [-0.2, 0) is 11.4 Å². The molecule has 162 valence electrons. The summed E-state index contributed by atoms with van der Waals surface area (Å²) in [4.78, 5) is 24.3. The zero-order valence-electron chi connectivity index (χ0n) is 16.7. The fourth-order valence-electron chi connectivity index (χ4n) is 3.28. The van der Waals surface area contributed by atoms with Gasteiger partial charge in [-0.05, 0) is 52.9 Å². The molecule has 0 unspecified atom stereocenters. The van der Waals surface area contributed by atoms with Gasteiger partial charge in [-0.15, -0.1) is 11.3 Å². The number of nitrogens with two attached hydrogens (primary N) is 1. The van der Waals surface area contributed by atoms with E-state index in [-0.39, 0.29) is 12.5 Å². The van der Waals surface area contributed by atoms with Crippen molar-refractivity contribution in [2.24, 2.45) is 5.73 Å². The molecule has 0 aliphatic rings. The first-order valence-corrected chi connectivity index (χ1v) is 11.2. The molecular weight excluding hydrogens is 467 g/mol. The van der Waals surface area contributed by atoms with Gasteiger partial charge in [-0.3, -0.25) is 9.59 Å². The van der Waals surface area contributed by atoms with Crippen LogP contribution in [-0.4, -0.2) is 18.4 Å². The number of hydrogen-bond acceptors (Lipinski definition) is 4. The largest absolute Gasteiger partial charge is 0.488 e. The lowest BCUT2D eigenvalue weighted by Crippen LogP contribution is -2.33. The highest BCUT2D eigenvalue weighted by molar-refractivity contribution is 7.19. The van der Waals surface area contributed by atoms with Crippen molar-refractivity contribution in [1.29, 1.82) is 0 Å². The van der Waals surface area contributed by atoms with E-state index in [0.29, 0.717) is 28.0 Å². The normalized spacial score (nSPS) is 10.8. The second kappa shape index (κ2) is 9.61. The predicted molar refractivity (Wildman–Crippen MR) is 130 cm³/mol. The van der Waals surface area contributed by atoms with Crippen LogP contribution in [0.3, 0.4) is 0 Å². The van der Waals surface area contributed by atoms with Crippen molar-refractivity contribution < 1.29 is 14.3 Å².